The summed E-state index contributed by atoms with van der Waals surface area (Å²) in [7, 11) is -5.32. The summed E-state index contributed by atoms with van der Waals surface area (Å²) in [5, 5.41) is 5.95. The van der Waals surface area contributed by atoms with Crippen molar-refractivity contribution < 1.29 is 33.7 Å². The van der Waals surface area contributed by atoms with Gasteiger partial charge in [0.1, 0.15) is 0 Å². The predicted octanol–water partition coefficient (Wildman–Crippen LogP) is 7.21. The van der Waals surface area contributed by atoms with Gasteiger partial charge in [0.05, 0.1) is 21.0 Å². The largest absolute Gasteiger partial charge is 0.330 e. The van der Waals surface area contributed by atoms with Crippen LogP contribution in [0.4, 0.5) is 0 Å². The monoisotopic (exact) mass is 1110 g/mol. The maximum Gasteiger partial charge on any atom is 0.234 e. The van der Waals surface area contributed by atoms with Crippen LogP contribution in [0, 0.1) is 23.7 Å². The van der Waals surface area contributed by atoms with E-state index in [1.165, 1.54) is 70.2 Å². The highest BCUT2D eigenvalue weighted by molar-refractivity contribution is 8.14. The molecule has 422 valence electrons. The molecule has 0 spiro atoms. The smallest absolute Gasteiger partial charge is 0.234 e. The number of sulfonamides is 3. The molecule has 4 N–H and O–H groups in total. The number of hydrogen-bond acceptors (Lipinski definition) is 12. The number of hydrogen-bond donors (Lipinski definition) is 3. The second kappa shape index (κ2) is 29.7. The first kappa shape index (κ1) is 65.3. The van der Waals surface area contributed by atoms with Gasteiger partial charge in [-0.25, -0.2) is 46.6 Å². The number of fused-ring (bicyclic) bond motifs is 4. The molecule has 5 saturated heterocycles. The fourth-order valence-corrected chi connectivity index (χ4v) is 14.6. The summed E-state index contributed by atoms with van der Waals surface area (Å²) in [6.07, 6.45) is 13.4. The van der Waals surface area contributed by atoms with Crippen molar-refractivity contribution in [3.05, 3.63) is 35.4 Å². The van der Waals surface area contributed by atoms with Crippen molar-refractivity contribution in [2.24, 2.45) is 29.4 Å². The van der Waals surface area contributed by atoms with Crippen LogP contribution in [0.2, 0.25) is 0 Å². The van der Waals surface area contributed by atoms with Gasteiger partial charge in [0, 0.05) is 67.4 Å². The molecule has 6 aliphatic rings. The lowest BCUT2D eigenvalue weighted by atomic mass is 9.61. The van der Waals surface area contributed by atoms with Crippen LogP contribution in [-0.2, 0) is 51.0 Å². The quantitative estimate of drug-likeness (QED) is 0.168. The SMILES string of the molecule is CC(C)S(=O)(=O)Cl.CC(C)S(=O)(=O)N1CCC(CN)CC1.CC(C)S(=O)(=O)N1CCC(CN[C@H]2[C@H]3Cc4ccccc4[C@@]2(C)CCN3C)CC1.CCC1CCN(S(=O)(=O)C(C)C)CC1.CCC1CCNCC1. The number of nitrogens with zero attached hydrogens (tertiary/aromatic N) is 4. The van der Waals surface area contributed by atoms with E-state index in [0.29, 0.717) is 56.6 Å². The third kappa shape index (κ3) is 18.6. The molecule has 2 bridgehead atoms. The Morgan fingerprint density at radius 1 is 0.625 bits per heavy atom. The Labute approximate surface area is 444 Å². The molecule has 0 saturated carbocycles. The summed E-state index contributed by atoms with van der Waals surface area (Å²) >= 11 is 0. The van der Waals surface area contributed by atoms with E-state index in [9.17, 15) is 33.7 Å². The van der Waals surface area contributed by atoms with Gasteiger partial charge in [-0.15, -0.1) is 0 Å². The summed E-state index contributed by atoms with van der Waals surface area (Å²) < 4.78 is 97.2. The first-order valence-electron chi connectivity index (χ1n) is 27.4. The van der Waals surface area contributed by atoms with Gasteiger partial charge >= 0.3 is 0 Å². The second-order valence-electron chi connectivity index (χ2n) is 22.5. The average molecular weight is 1120 g/mol. The molecule has 0 amide bonds. The molecule has 1 aromatic rings. The number of likely N-dealkylation sites (tertiary alicyclic amines) is 1. The van der Waals surface area contributed by atoms with Crippen LogP contribution in [-0.4, -0.2) is 164 Å². The highest BCUT2D eigenvalue weighted by Gasteiger charge is 2.49. The van der Waals surface area contributed by atoms with Crippen LogP contribution in [0.25, 0.3) is 0 Å². The first-order chi connectivity index (χ1) is 33.6. The highest BCUT2D eigenvalue weighted by atomic mass is 35.7. The maximum atomic E-state index is 12.4. The average Bonchev–Trinajstić information content (AvgIpc) is 3.35. The van der Waals surface area contributed by atoms with E-state index in [0.717, 1.165) is 83.0 Å². The molecule has 1 aliphatic carbocycles. The molecule has 0 aromatic heterocycles. The standard InChI is InChI=1S/C23H37N3O2S.C10H21NO2S.C9H20N2O2S.C7H15N.C3H7ClO2S/c1-17(2)29(27,28)26-12-9-18(10-13-26)16-24-22-21-15-19-7-5-6-8-20(19)23(22,3)11-14-25(21)4;1-4-10-5-7-11(8-6-10)14(12,13)9(2)3;1-8(2)14(12,13)11-5-3-9(7-10)4-6-11;1-2-7-3-5-8-6-4-7;1-3(2)7(4,5)6/h5-8,17-18,21-22,24H,9-16H2,1-4H3;9-10H,4-8H2,1-3H3;8-9H,3-7,10H2,1-2H3;7-8H,2-6H2,1H3;3H,1-2H3/t21-,22+,23-;;;;/m1..../s1. The van der Waals surface area contributed by atoms with E-state index in [4.69, 9.17) is 16.4 Å². The van der Waals surface area contributed by atoms with E-state index < -0.39 is 44.4 Å². The van der Waals surface area contributed by atoms with E-state index in [1.54, 1.807) is 54.5 Å². The first-order valence-corrected chi connectivity index (χ1v) is 34.3. The molecule has 20 heteroatoms. The molecule has 5 heterocycles. The Morgan fingerprint density at radius 2 is 1.01 bits per heavy atom. The molecule has 5 fully saturated rings. The lowest BCUT2D eigenvalue weighted by molar-refractivity contribution is 0.0621. The van der Waals surface area contributed by atoms with E-state index in [1.807, 2.05) is 0 Å². The van der Waals surface area contributed by atoms with Gasteiger partial charge in [-0.05, 0) is 194 Å². The fraction of sp³-hybridized carbons (Fsp3) is 0.885. The number of halogens is 1. The topological polar surface area (TPSA) is 200 Å². The third-order valence-corrected chi connectivity index (χ3v) is 25.4. The Hall–Kier alpha value is -0.970. The minimum atomic E-state index is -3.27. The second-order valence-corrected chi connectivity index (χ2v) is 33.2. The zero-order valence-corrected chi connectivity index (χ0v) is 50.5. The van der Waals surface area contributed by atoms with Crippen molar-refractivity contribution in [2.45, 2.75) is 192 Å². The molecule has 0 radical (unpaired) electrons. The lowest BCUT2D eigenvalue weighted by Gasteiger charge is -2.55. The minimum Gasteiger partial charge on any atom is -0.330 e. The summed E-state index contributed by atoms with van der Waals surface area (Å²) in [5.41, 5.74) is 8.76. The van der Waals surface area contributed by atoms with Crippen LogP contribution < -0.4 is 16.4 Å². The molecule has 3 atom stereocenters. The number of nitrogens with one attached hydrogen (secondary N) is 2. The number of nitrogens with two attached hydrogens (primary N) is 1. The van der Waals surface area contributed by atoms with Crippen molar-refractivity contribution in [3.63, 3.8) is 0 Å². The van der Waals surface area contributed by atoms with Gasteiger partial charge in [0.2, 0.25) is 39.1 Å². The number of likely N-dealkylation sites (N-methyl/N-ethyl adjacent to an activating group) is 1. The normalized spacial score (nSPS) is 25.1. The zero-order chi connectivity index (χ0) is 54.2. The van der Waals surface area contributed by atoms with Gasteiger partial charge in [-0.1, -0.05) is 57.9 Å². The van der Waals surface area contributed by atoms with Crippen LogP contribution in [0.5, 0.6) is 0 Å². The van der Waals surface area contributed by atoms with Gasteiger partial charge in [-0.2, -0.15) is 0 Å². The van der Waals surface area contributed by atoms with Crippen LogP contribution in [0.3, 0.4) is 0 Å². The summed E-state index contributed by atoms with van der Waals surface area (Å²) in [5.74, 6) is 2.82. The van der Waals surface area contributed by atoms with Crippen molar-refractivity contribution in [2.75, 3.05) is 79.0 Å². The molecule has 0 unspecified atom stereocenters. The molecular weight excluding hydrogens is 1010 g/mol. The number of benzene rings is 1. The van der Waals surface area contributed by atoms with Gasteiger partial charge in [0.15, 0.2) is 0 Å². The fourth-order valence-electron chi connectivity index (χ4n) is 10.6. The Kier molecular flexibility index (Phi) is 26.9. The minimum absolute atomic E-state index is 0.174. The molecular formula is C52H100ClN7O8S4. The van der Waals surface area contributed by atoms with Gasteiger partial charge in [0.25, 0.3) is 0 Å². The molecule has 5 aliphatic heterocycles. The zero-order valence-electron chi connectivity index (χ0n) is 46.5. The third-order valence-electron chi connectivity index (χ3n) is 16.4. The Balaban J connectivity index is 0.000000267. The van der Waals surface area contributed by atoms with E-state index >= 15 is 0 Å². The van der Waals surface area contributed by atoms with Crippen LogP contribution in [0.1, 0.15) is 158 Å². The predicted molar refractivity (Wildman–Crippen MR) is 301 cm³/mol. The Bertz CT molecular complexity index is 2130. The van der Waals surface area contributed by atoms with Crippen molar-refractivity contribution in [1.82, 2.24) is 28.4 Å². The van der Waals surface area contributed by atoms with E-state index in [2.05, 4.69) is 67.6 Å². The van der Waals surface area contributed by atoms with E-state index in [-0.39, 0.29) is 21.2 Å². The number of rotatable bonds is 13. The summed E-state index contributed by atoms with van der Waals surface area (Å²) in [4.78, 5) is 2.53. The molecule has 1 aromatic carbocycles. The molecule has 15 nitrogen and oxygen atoms in total. The van der Waals surface area contributed by atoms with Gasteiger partial charge in [-0.3, -0.25) is 0 Å². The summed E-state index contributed by atoms with van der Waals surface area (Å²) in [6, 6.07) is 9.98. The molecule has 7 rings (SSSR count). The van der Waals surface area contributed by atoms with Crippen LogP contribution >= 0.6 is 10.7 Å². The Morgan fingerprint density at radius 3 is 1.39 bits per heavy atom. The maximum absolute atomic E-state index is 12.4. The van der Waals surface area contributed by atoms with Crippen molar-refractivity contribution in [3.8, 4) is 0 Å². The van der Waals surface area contributed by atoms with Crippen molar-refractivity contribution >= 4 is 49.8 Å². The summed E-state index contributed by atoms with van der Waals surface area (Å²) in [6.45, 7) is 29.9. The molecule has 72 heavy (non-hydrogen) atoms. The number of piperidine rings is 5. The van der Waals surface area contributed by atoms with Crippen molar-refractivity contribution in [1.29, 1.82) is 0 Å². The highest BCUT2D eigenvalue weighted by Crippen LogP contribution is 2.44. The van der Waals surface area contributed by atoms with Crippen LogP contribution in [0.15, 0.2) is 24.3 Å². The lowest BCUT2D eigenvalue weighted by Crippen LogP contribution is -2.66. The van der Waals surface area contributed by atoms with Gasteiger partial charge < -0.3 is 21.3 Å².